The number of carbonyl (C=O) groups is 1. The third-order valence-corrected chi connectivity index (χ3v) is 3.99. The van der Waals surface area contributed by atoms with Crippen LogP contribution in [0.2, 0.25) is 0 Å². The summed E-state index contributed by atoms with van der Waals surface area (Å²) in [5.41, 5.74) is 1.23. The van der Waals surface area contributed by atoms with Crippen LogP contribution in [-0.2, 0) is 15.6 Å². The number of amides is 1. The van der Waals surface area contributed by atoms with Crippen LogP contribution in [0.4, 0.5) is 0 Å². The van der Waals surface area contributed by atoms with Gasteiger partial charge in [-0.2, -0.15) is 0 Å². The van der Waals surface area contributed by atoms with E-state index in [-0.39, 0.29) is 24.2 Å². The Morgan fingerprint density at radius 3 is 2.37 bits per heavy atom. The van der Waals surface area contributed by atoms with Crippen LogP contribution in [0.25, 0.3) is 0 Å². The fourth-order valence-electron chi connectivity index (χ4n) is 2.08. The van der Waals surface area contributed by atoms with Gasteiger partial charge in [0.2, 0.25) is 0 Å². The molecule has 0 aliphatic carbocycles. The molecule has 1 saturated heterocycles. The molecule has 0 spiro atoms. The molecule has 1 N–H and O–H groups in total. The minimum Gasteiger partial charge on any atom is -0.396 e. The van der Waals surface area contributed by atoms with Crippen molar-refractivity contribution in [3.63, 3.8) is 0 Å². The van der Waals surface area contributed by atoms with E-state index in [1.165, 1.54) is 6.26 Å². The predicted molar refractivity (Wildman–Crippen MR) is 71.5 cm³/mol. The number of benzene rings is 1. The molecule has 19 heavy (non-hydrogen) atoms. The van der Waals surface area contributed by atoms with E-state index in [4.69, 9.17) is 5.11 Å². The summed E-state index contributed by atoms with van der Waals surface area (Å²) in [6.45, 7) is 1.28. The highest BCUT2D eigenvalue weighted by atomic mass is 32.2. The van der Waals surface area contributed by atoms with Gasteiger partial charge in [0.1, 0.15) is 0 Å². The Hall–Kier alpha value is -1.40. The zero-order chi connectivity index (χ0) is 14.0. The molecule has 0 atom stereocenters. The van der Waals surface area contributed by atoms with Crippen molar-refractivity contribution in [2.24, 2.45) is 5.92 Å². The average Bonchev–Trinajstić information content (AvgIpc) is 2.26. The maximum Gasteiger partial charge on any atom is 0.253 e. The van der Waals surface area contributed by atoms with Crippen LogP contribution in [0, 0.1) is 5.92 Å². The lowest BCUT2D eigenvalue weighted by Gasteiger charge is -2.38. The van der Waals surface area contributed by atoms with E-state index in [2.05, 4.69) is 0 Å². The Morgan fingerprint density at radius 1 is 1.32 bits per heavy atom. The Balaban J connectivity index is 2.01. The molecule has 1 aromatic carbocycles. The van der Waals surface area contributed by atoms with Crippen LogP contribution in [-0.4, -0.2) is 50.3 Å². The molecule has 1 heterocycles. The molecule has 0 unspecified atom stereocenters. The summed E-state index contributed by atoms with van der Waals surface area (Å²) in [6.07, 6.45) is 1.18. The summed E-state index contributed by atoms with van der Waals surface area (Å²) >= 11 is 0. The fourth-order valence-corrected chi connectivity index (χ4v) is 2.88. The van der Waals surface area contributed by atoms with Crippen molar-refractivity contribution in [3.8, 4) is 0 Å². The minimum absolute atomic E-state index is 0.0161. The molecule has 1 aliphatic rings. The van der Waals surface area contributed by atoms with Crippen LogP contribution in [0.1, 0.15) is 15.9 Å². The molecule has 1 amide bonds. The summed E-state index contributed by atoms with van der Waals surface area (Å²) in [4.78, 5) is 13.7. The van der Waals surface area contributed by atoms with Gasteiger partial charge < -0.3 is 10.0 Å². The second-order valence-electron chi connectivity index (χ2n) is 5.03. The number of nitrogens with zero attached hydrogens (tertiary/aromatic N) is 1. The van der Waals surface area contributed by atoms with Gasteiger partial charge in [-0.05, 0) is 17.7 Å². The first kappa shape index (κ1) is 14.0. The summed E-state index contributed by atoms with van der Waals surface area (Å²) in [6, 6.07) is 6.62. The Bertz CT molecular complexity index is 559. The van der Waals surface area contributed by atoms with Crippen molar-refractivity contribution in [1.29, 1.82) is 0 Å². The van der Waals surface area contributed by atoms with Crippen LogP contribution in [0.15, 0.2) is 24.3 Å². The van der Waals surface area contributed by atoms with E-state index >= 15 is 0 Å². The molecular formula is C13H17NO4S. The van der Waals surface area contributed by atoms with Crippen molar-refractivity contribution >= 4 is 15.7 Å². The molecule has 1 aliphatic heterocycles. The largest absolute Gasteiger partial charge is 0.396 e. The van der Waals surface area contributed by atoms with Gasteiger partial charge in [0.15, 0.2) is 9.84 Å². The molecule has 0 aromatic heterocycles. The molecule has 104 valence electrons. The van der Waals surface area contributed by atoms with E-state index in [9.17, 15) is 13.2 Å². The lowest BCUT2D eigenvalue weighted by molar-refractivity contribution is 0.0362. The van der Waals surface area contributed by atoms with E-state index in [1.807, 2.05) is 0 Å². The first-order valence-corrected chi connectivity index (χ1v) is 8.12. The van der Waals surface area contributed by atoms with Crippen molar-refractivity contribution in [1.82, 2.24) is 4.90 Å². The van der Waals surface area contributed by atoms with Gasteiger partial charge in [-0.25, -0.2) is 8.42 Å². The minimum atomic E-state index is -3.05. The molecule has 6 heteroatoms. The van der Waals surface area contributed by atoms with Gasteiger partial charge in [0.05, 0.1) is 5.75 Å². The molecule has 1 fully saturated rings. The molecule has 5 nitrogen and oxygen atoms in total. The number of aliphatic hydroxyl groups is 1. The summed E-state index contributed by atoms with van der Waals surface area (Å²) < 4.78 is 22.3. The number of aliphatic hydroxyl groups excluding tert-OH is 1. The van der Waals surface area contributed by atoms with Gasteiger partial charge in [-0.1, -0.05) is 12.1 Å². The van der Waals surface area contributed by atoms with Crippen molar-refractivity contribution < 1.29 is 18.3 Å². The van der Waals surface area contributed by atoms with Crippen molar-refractivity contribution in [2.75, 3.05) is 26.0 Å². The van der Waals surface area contributed by atoms with E-state index in [0.717, 1.165) is 0 Å². The van der Waals surface area contributed by atoms with E-state index in [1.54, 1.807) is 29.2 Å². The van der Waals surface area contributed by atoms with Crippen molar-refractivity contribution in [3.05, 3.63) is 35.4 Å². The third kappa shape index (κ3) is 3.54. The molecule has 1 aromatic rings. The topological polar surface area (TPSA) is 74.7 Å². The Morgan fingerprint density at radius 2 is 1.89 bits per heavy atom. The second kappa shape index (κ2) is 5.30. The average molecular weight is 283 g/mol. The standard InChI is InChI=1S/C13H17NO4S/c1-19(17,18)9-10-2-4-12(5-3-10)13(16)14-6-11(7-14)8-15/h2-5,11,15H,6-9H2,1H3. The number of likely N-dealkylation sites (tertiary alicyclic amines) is 1. The van der Waals surface area contributed by atoms with E-state index < -0.39 is 9.84 Å². The first-order valence-electron chi connectivity index (χ1n) is 6.06. The summed E-state index contributed by atoms with van der Waals surface area (Å²) in [5.74, 6) is 0.0988. The fraction of sp³-hybridized carbons (Fsp3) is 0.462. The number of hydrogen-bond donors (Lipinski definition) is 1. The summed E-state index contributed by atoms with van der Waals surface area (Å²) in [7, 11) is -3.05. The predicted octanol–water partition coefficient (Wildman–Crippen LogP) is 0.296. The van der Waals surface area contributed by atoms with Crippen LogP contribution in [0.5, 0.6) is 0 Å². The van der Waals surface area contributed by atoms with Gasteiger partial charge >= 0.3 is 0 Å². The highest BCUT2D eigenvalue weighted by Crippen LogP contribution is 2.18. The molecular weight excluding hydrogens is 266 g/mol. The van der Waals surface area contributed by atoms with Crippen LogP contribution in [0.3, 0.4) is 0 Å². The van der Waals surface area contributed by atoms with E-state index in [0.29, 0.717) is 24.2 Å². The zero-order valence-corrected chi connectivity index (χ0v) is 11.6. The van der Waals surface area contributed by atoms with Crippen molar-refractivity contribution in [2.45, 2.75) is 5.75 Å². The van der Waals surface area contributed by atoms with Gasteiger partial charge in [-0.15, -0.1) is 0 Å². The third-order valence-electron chi connectivity index (χ3n) is 3.13. The molecule has 2 rings (SSSR count). The number of carbonyl (C=O) groups excluding carboxylic acids is 1. The quantitative estimate of drug-likeness (QED) is 0.862. The van der Waals surface area contributed by atoms with Gasteiger partial charge in [-0.3, -0.25) is 4.79 Å². The Kier molecular flexibility index (Phi) is 3.91. The van der Waals surface area contributed by atoms with Gasteiger partial charge in [0, 0.05) is 37.4 Å². The Labute approximate surface area is 112 Å². The number of hydrogen-bond acceptors (Lipinski definition) is 4. The highest BCUT2D eigenvalue weighted by molar-refractivity contribution is 7.89. The number of sulfone groups is 1. The smallest absolute Gasteiger partial charge is 0.253 e. The maximum atomic E-state index is 12.0. The second-order valence-corrected chi connectivity index (χ2v) is 7.17. The van der Waals surface area contributed by atoms with Gasteiger partial charge in [0.25, 0.3) is 5.91 Å². The monoisotopic (exact) mass is 283 g/mol. The molecule has 0 saturated carbocycles. The molecule has 0 bridgehead atoms. The summed E-state index contributed by atoms with van der Waals surface area (Å²) in [5, 5.41) is 8.91. The SMILES string of the molecule is CS(=O)(=O)Cc1ccc(C(=O)N2CC(CO)C2)cc1. The first-order chi connectivity index (χ1) is 8.89. The zero-order valence-electron chi connectivity index (χ0n) is 10.7. The van der Waals surface area contributed by atoms with Crippen LogP contribution < -0.4 is 0 Å². The number of rotatable bonds is 4. The lowest BCUT2D eigenvalue weighted by Crippen LogP contribution is -2.51. The molecule has 0 radical (unpaired) electrons. The normalized spacial score (nSPS) is 16.2. The lowest BCUT2D eigenvalue weighted by atomic mass is 10.00. The maximum absolute atomic E-state index is 12.0. The van der Waals surface area contributed by atoms with Crippen LogP contribution >= 0.6 is 0 Å². The highest BCUT2D eigenvalue weighted by Gasteiger charge is 2.30.